The molecule has 118 valence electrons. The second-order valence-electron chi connectivity index (χ2n) is 4.67. The Balaban J connectivity index is 1.56. The van der Waals surface area contributed by atoms with Crippen molar-refractivity contribution in [1.29, 1.82) is 0 Å². The van der Waals surface area contributed by atoms with E-state index >= 15 is 0 Å². The Morgan fingerprint density at radius 1 is 1.26 bits per heavy atom. The van der Waals surface area contributed by atoms with Gasteiger partial charge in [0.15, 0.2) is 5.13 Å². The van der Waals surface area contributed by atoms with Gasteiger partial charge < -0.3 is 4.42 Å². The van der Waals surface area contributed by atoms with Crippen LogP contribution in [-0.4, -0.2) is 15.9 Å². The third-order valence-electron chi connectivity index (χ3n) is 3.03. The number of thioether (sulfide) groups is 1. The minimum absolute atomic E-state index is 0.156. The molecule has 0 fully saturated rings. The van der Waals surface area contributed by atoms with Gasteiger partial charge in [-0.25, -0.2) is 9.97 Å². The first-order valence-corrected chi connectivity index (χ1v) is 8.93. The highest BCUT2D eigenvalue weighted by molar-refractivity contribution is 8.00. The molecule has 0 radical (unpaired) electrons. The summed E-state index contributed by atoms with van der Waals surface area (Å²) in [6.07, 6.45) is 4.35. The van der Waals surface area contributed by atoms with Gasteiger partial charge in [-0.1, -0.05) is 36.5 Å². The van der Waals surface area contributed by atoms with Crippen LogP contribution in [0.25, 0.3) is 0 Å². The lowest BCUT2D eigenvalue weighted by Crippen LogP contribution is -2.11. The zero-order chi connectivity index (χ0) is 16.1. The summed E-state index contributed by atoms with van der Waals surface area (Å²) in [5.41, 5.74) is 0.615. The number of rotatable bonds is 6. The Kier molecular flexibility index (Phi) is 5.09. The fraction of sp³-hybridized carbons (Fsp3) is 0.188. The van der Waals surface area contributed by atoms with Gasteiger partial charge in [-0.15, -0.1) is 11.8 Å². The summed E-state index contributed by atoms with van der Waals surface area (Å²) in [4.78, 5) is 20.5. The molecule has 0 saturated carbocycles. The number of benzene rings is 1. The first kappa shape index (κ1) is 15.8. The fourth-order valence-electron chi connectivity index (χ4n) is 1.85. The monoisotopic (exact) mass is 345 g/mol. The van der Waals surface area contributed by atoms with Crippen LogP contribution < -0.4 is 5.32 Å². The van der Waals surface area contributed by atoms with Crippen molar-refractivity contribution in [2.24, 2.45) is 0 Å². The number of thiazole rings is 1. The summed E-state index contributed by atoms with van der Waals surface area (Å²) in [5.74, 6) is 2.08. The lowest BCUT2D eigenvalue weighted by Gasteiger charge is -2.00. The molecule has 1 amide bonds. The van der Waals surface area contributed by atoms with Crippen molar-refractivity contribution >= 4 is 34.1 Å². The minimum Gasteiger partial charge on any atom is -0.445 e. The Hall–Kier alpha value is -2.12. The molecular weight excluding hydrogens is 330 g/mol. The van der Waals surface area contributed by atoms with Gasteiger partial charge in [-0.3, -0.25) is 10.1 Å². The number of carbonyl (C=O) groups is 1. The van der Waals surface area contributed by atoms with E-state index in [-0.39, 0.29) is 5.91 Å². The van der Waals surface area contributed by atoms with E-state index in [1.807, 2.05) is 25.1 Å². The second kappa shape index (κ2) is 7.43. The average molecular weight is 345 g/mol. The van der Waals surface area contributed by atoms with Gasteiger partial charge in [0.1, 0.15) is 5.76 Å². The van der Waals surface area contributed by atoms with Crippen LogP contribution in [0.2, 0.25) is 0 Å². The highest BCUT2D eigenvalue weighted by Gasteiger charge is 2.10. The zero-order valence-electron chi connectivity index (χ0n) is 12.5. The molecule has 0 unspecified atom stereocenters. The Morgan fingerprint density at radius 2 is 2.09 bits per heavy atom. The van der Waals surface area contributed by atoms with Crippen LogP contribution in [0.15, 0.2) is 51.4 Å². The summed E-state index contributed by atoms with van der Waals surface area (Å²) in [5, 5.41) is 3.39. The van der Waals surface area contributed by atoms with Gasteiger partial charge in [0, 0.05) is 12.0 Å². The molecule has 7 heteroatoms. The SMILES string of the molecule is CCc1cnc(CSc2cnc(NC(=O)c3ccccc3)s2)o1. The van der Waals surface area contributed by atoms with E-state index in [9.17, 15) is 4.79 Å². The maximum absolute atomic E-state index is 12.1. The van der Waals surface area contributed by atoms with Crippen LogP contribution in [0.4, 0.5) is 5.13 Å². The highest BCUT2D eigenvalue weighted by atomic mass is 32.2. The molecule has 3 aromatic rings. The van der Waals surface area contributed by atoms with Crippen molar-refractivity contribution in [3.8, 4) is 0 Å². The summed E-state index contributed by atoms with van der Waals surface area (Å²) in [6.45, 7) is 2.03. The number of amides is 1. The van der Waals surface area contributed by atoms with E-state index in [1.165, 1.54) is 11.3 Å². The molecular formula is C16H15N3O2S2. The molecule has 0 spiro atoms. The Labute approximate surface area is 142 Å². The van der Waals surface area contributed by atoms with Crippen molar-refractivity contribution < 1.29 is 9.21 Å². The maximum Gasteiger partial charge on any atom is 0.257 e. The van der Waals surface area contributed by atoms with E-state index in [2.05, 4.69) is 15.3 Å². The number of aromatic nitrogens is 2. The summed E-state index contributed by atoms with van der Waals surface area (Å²) >= 11 is 3.03. The van der Waals surface area contributed by atoms with Crippen LogP contribution in [-0.2, 0) is 12.2 Å². The first-order valence-electron chi connectivity index (χ1n) is 7.13. The van der Waals surface area contributed by atoms with Crippen molar-refractivity contribution in [2.45, 2.75) is 23.3 Å². The molecule has 23 heavy (non-hydrogen) atoms. The van der Waals surface area contributed by atoms with Crippen LogP contribution in [0.3, 0.4) is 0 Å². The topological polar surface area (TPSA) is 68.0 Å². The average Bonchev–Trinajstić information content (AvgIpc) is 3.22. The molecule has 5 nitrogen and oxygen atoms in total. The Bertz CT molecular complexity index is 783. The molecule has 0 atom stereocenters. The molecule has 0 bridgehead atoms. The standard InChI is InChI=1S/C16H15N3O2S2/c1-2-12-8-17-13(21-12)10-22-14-9-18-16(23-14)19-15(20)11-6-4-3-5-7-11/h3-9H,2,10H2,1H3,(H,18,19,20). The number of nitrogens with zero attached hydrogens (tertiary/aromatic N) is 2. The normalized spacial score (nSPS) is 10.7. The molecule has 0 aliphatic carbocycles. The maximum atomic E-state index is 12.1. The van der Waals surface area contributed by atoms with Gasteiger partial charge in [0.25, 0.3) is 5.91 Å². The van der Waals surface area contributed by atoms with Crippen LogP contribution in [0.1, 0.15) is 28.9 Å². The predicted octanol–water partition coefficient (Wildman–Crippen LogP) is 4.24. The van der Waals surface area contributed by atoms with Gasteiger partial charge in [-0.2, -0.15) is 0 Å². The van der Waals surface area contributed by atoms with Gasteiger partial charge in [-0.05, 0) is 12.1 Å². The molecule has 0 aliphatic heterocycles. The van der Waals surface area contributed by atoms with Crippen molar-refractivity contribution in [1.82, 2.24) is 9.97 Å². The third-order valence-corrected chi connectivity index (χ3v) is 5.12. The quantitative estimate of drug-likeness (QED) is 0.677. The van der Waals surface area contributed by atoms with Crippen LogP contribution in [0.5, 0.6) is 0 Å². The van der Waals surface area contributed by atoms with E-state index in [4.69, 9.17) is 4.42 Å². The molecule has 0 saturated heterocycles. The summed E-state index contributed by atoms with van der Waals surface area (Å²) < 4.78 is 6.57. The number of anilines is 1. The largest absolute Gasteiger partial charge is 0.445 e. The van der Waals surface area contributed by atoms with E-state index in [0.717, 1.165) is 16.4 Å². The molecule has 1 N–H and O–H groups in total. The predicted molar refractivity (Wildman–Crippen MR) is 92.0 cm³/mol. The number of nitrogens with one attached hydrogen (secondary N) is 1. The smallest absolute Gasteiger partial charge is 0.257 e. The molecule has 2 heterocycles. The van der Waals surface area contributed by atoms with Gasteiger partial charge >= 0.3 is 0 Å². The lowest BCUT2D eigenvalue weighted by atomic mass is 10.2. The second-order valence-corrected chi connectivity index (χ2v) is 6.97. The molecule has 0 aliphatic rings. The number of aryl methyl sites for hydroxylation is 1. The van der Waals surface area contributed by atoms with Crippen LogP contribution in [0, 0.1) is 0 Å². The first-order chi connectivity index (χ1) is 11.2. The van der Waals surface area contributed by atoms with Crippen molar-refractivity contribution in [3.63, 3.8) is 0 Å². The van der Waals surface area contributed by atoms with E-state index < -0.39 is 0 Å². The van der Waals surface area contributed by atoms with Gasteiger partial charge in [0.05, 0.1) is 22.4 Å². The summed E-state index contributed by atoms with van der Waals surface area (Å²) in [6, 6.07) is 9.08. The zero-order valence-corrected chi connectivity index (χ0v) is 14.1. The lowest BCUT2D eigenvalue weighted by molar-refractivity contribution is 0.102. The molecule has 1 aromatic carbocycles. The molecule has 3 rings (SSSR count). The summed E-state index contributed by atoms with van der Waals surface area (Å²) in [7, 11) is 0. The Morgan fingerprint density at radius 3 is 2.83 bits per heavy atom. The van der Waals surface area contributed by atoms with Crippen molar-refractivity contribution in [2.75, 3.05) is 5.32 Å². The third kappa shape index (κ3) is 4.20. The number of hydrogen-bond donors (Lipinski definition) is 1. The fourth-order valence-corrected chi connectivity index (χ4v) is 3.57. The molecule has 2 aromatic heterocycles. The van der Waals surface area contributed by atoms with Gasteiger partial charge in [0.2, 0.25) is 5.89 Å². The highest BCUT2D eigenvalue weighted by Crippen LogP contribution is 2.30. The number of hydrogen-bond acceptors (Lipinski definition) is 6. The van der Waals surface area contributed by atoms with E-state index in [1.54, 1.807) is 36.3 Å². The minimum atomic E-state index is -0.156. The number of carbonyl (C=O) groups excluding carboxylic acids is 1. The number of oxazole rings is 1. The van der Waals surface area contributed by atoms with Crippen LogP contribution >= 0.6 is 23.1 Å². The van der Waals surface area contributed by atoms with E-state index in [0.29, 0.717) is 22.3 Å². The van der Waals surface area contributed by atoms with Crippen molar-refractivity contribution in [3.05, 3.63) is 59.9 Å².